The number of carbonyl (C=O) groups excluding carboxylic acids is 1. The summed E-state index contributed by atoms with van der Waals surface area (Å²) in [5, 5.41) is 8.37. The zero-order valence-electron chi connectivity index (χ0n) is 17.5. The lowest BCUT2D eigenvalue weighted by molar-refractivity contribution is -0.117. The number of aromatic nitrogens is 4. The third-order valence-corrected chi connectivity index (χ3v) is 6.54. The number of ether oxygens (including phenoxy) is 2. The first-order chi connectivity index (χ1) is 15.1. The number of thioether (sulfide) groups is 1. The van der Waals surface area contributed by atoms with Crippen LogP contribution in [0.2, 0.25) is 0 Å². The maximum absolute atomic E-state index is 12.8. The summed E-state index contributed by atoms with van der Waals surface area (Å²) in [5.41, 5.74) is 0.619. The van der Waals surface area contributed by atoms with E-state index >= 15 is 0 Å². The highest BCUT2D eigenvalue weighted by molar-refractivity contribution is 8.00. The van der Waals surface area contributed by atoms with E-state index in [9.17, 15) is 9.59 Å². The van der Waals surface area contributed by atoms with Crippen molar-refractivity contribution in [3.63, 3.8) is 0 Å². The van der Waals surface area contributed by atoms with Gasteiger partial charge in [0.15, 0.2) is 5.65 Å². The first-order valence-electron chi connectivity index (χ1n) is 10.2. The quantitative estimate of drug-likeness (QED) is 0.599. The van der Waals surface area contributed by atoms with Gasteiger partial charge < -0.3 is 14.8 Å². The molecule has 4 rings (SSSR count). The lowest BCUT2D eigenvalue weighted by Gasteiger charge is -2.20. The Labute approximate surface area is 183 Å². The van der Waals surface area contributed by atoms with Gasteiger partial charge in [0.05, 0.1) is 14.2 Å². The van der Waals surface area contributed by atoms with Crippen molar-refractivity contribution in [3.8, 4) is 11.5 Å². The Morgan fingerprint density at radius 1 is 1.16 bits per heavy atom. The van der Waals surface area contributed by atoms with E-state index in [0.717, 1.165) is 22.5 Å². The van der Waals surface area contributed by atoms with E-state index in [1.807, 2.05) is 0 Å². The molecule has 31 heavy (non-hydrogen) atoms. The van der Waals surface area contributed by atoms with E-state index in [1.54, 1.807) is 42.4 Å². The SMILES string of the molecule is COc1cc(NC(=O)Cn2nc3c(SC4CCCCC4)nccn3c2=O)cc(OC)c1. The van der Waals surface area contributed by atoms with Gasteiger partial charge in [0.25, 0.3) is 0 Å². The van der Waals surface area contributed by atoms with Crippen LogP contribution in [-0.2, 0) is 11.3 Å². The first-order valence-corrected chi connectivity index (χ1v) is 11.1. The molecule has 0 saturated heterocycles. The van der Waals surface area contributed by atoms with Crippen LogP contribution in [0.5, 0.6) is 11.5 Å². The number of hydrogen-bond donors (Lipinski definition) is 1. The molecule has 0 bridgehead atoms. The fourth-order valence-corrected chi connectivity index (χ4v) is 4.92. The number of amides is 1. The molecule has 1 saturated carbocycles. The third-order valence-electron chi connectivity index (χ3n) is 5.23. The molecule has 0 unspecified atom stereocenters. The van der Waals surface area contributed by atoms with Crippen molar-refractivity contribution in [2.24, 2.45) is 0 Å². The smallest absolute Gasteiger partial charge is 0.350 e. The van der Waals surface area contributed by atoms with E-state index in [1.165, 1.54) is 37.9 Å². The van der Waals surface area contributed by atoms with Gasteiger partial charge in [-0.3, -0.25) is 4.79 Å². The van der Waals surface area contributed by atoms with Crippen molar-refractivity contribution < 1.29 is 14.3 Å². The summed E-state index contributed by atoms with van der Waals surface area (Å²) in [6.45, 7) is -0.215. The minimum absolute atomic E-state index is 0.215. The molecule has 1 fully saturated rings. The van der Waals surface area contributed by atoms with Crippen LogP contribution in [0.4, 0.5) is 5.69 Å². The Balaban J connectivity index is 1.53. The highest BCUT2D eigenvalue weighted by atomic mass is 32.2. The van der Waals surface area contributed by atoms with Crippen LogP contribution in [-0.4, -0.2) is 44.5 Å². The predicted molar refractivity (Wildman–Crippen MR) is 118 cm³/mol. The molecular weight excluding hydrogens is 418 g/mol. The lowest BCUT2D eigenvalue weighted by atomic mass is 10.0. The van der Waals surface area contributed by atoms with E-state index < -0.39 is 0 Å². The highest BCUT2D eigenvalue weighted by Crippen LogP contribution is 2.33. The Morgan fingerprint density at radius 3 is 2.55 bits per heavy atom. The summed E-state index contributed by atoms with van der Waals surface area (Å²) in [4.78, 5) is 29.8. The van der Waals surface area contributed by atoms with E-state index in [2.05, 4.69) is 15.4 Å². The molecule has 2 heterocycles. The number of anilines is 1. The molecule has 9 nitrogen and oxygen atoms in total. The molecule has 0 aliphatic heterocycles. The number of nitrogens with zero attached hydrogens (tertiary/aromatic N) is 4. The minimum Gasteiger partial charge on any atom is -0.497 e. The van der Waals surface area contributed by atoms with Crippen LogP contribution in [0.15, 0.2) is 40.4 Å². The van der Waals surface area contributed by atoms with Crippen molar-refractivity contribution in [2.75, 3.05) is 19.5 Å². The van der Waals surface area contributed by atoms with Crippen LogP contribution in [0.3, 0.4) is 0 Å². The molecule has 0 spiro atoms. The molecule has 10 heteroatoms. The van der Waals surface area contributed by atoms with Gasteiger partial charge in [-0.1, -0.05) is 31.0 Å². The zero-order chi connectivity index (χ0) is 21.8. The third kappa shape index (κ3) is 4.84. The normalized spacial score (nSPS) is 14.5. The summed E-state index contributed by atoms with van der Waals surface area (Å²) in [6.07, 6.45) is 9.19. The number of fused-ring (bicyclic) bond motifs is 1. The summed E-state index contributed by atoms with van der Waals surface area (Å²) >= 11 is 1.67. The molecule has 0 atom stereocenters. The van der Waals surface area contributed by atoms with Gasteiger partial charge >= 0.3 is 5.69 Å². The van der Waals surface area contributed by atoms with Crippen molar-refractivity contribution >= 4 is 29.0 Å². The van der Waals surface area contributed by atoms with Crippen molar-refractivity contribution in [1.82, 2.24) is 19.2 Å². The fraction of sp³-hybridized carbons (Fsp3) is 0.429. The second-order valence-corrected chi connectivity index (χ2v) is 8.68. The predicted octanol–water partition coefficient (Wildman–Crippen LogP) is 2.97. The van der Waals surface area contributed by atoms with Gasteiger partial charge in [0.2, 0.25) is 5.91 Å². The molecule has 1 aliphatic rings. The maximum atomic E-state index is 12.8. The van der Waals surface area contributed by atoms with Crippen molar-refractivity contribution in [3.05, 3.63) is 41.1 Å². The molecule has 1 aromatic carbocycles. The van der Waals surface area contributed by atoms with Gasteiger partial charge in [0.1, 0.15) is 23.1 Å². The van der Waals surface area contributed by atoms with Crippen LogP contribution < -0.4 is 20.5 Å². The fourth-order valence-electron chi connectivity index (χ4n) is 3.67. The maximum Gasteiger partial charge on any atom is 0.350 e. The Hall–Kier alpha value is -3.01. The Morgan fingerprint density at radius 2 is 1.87 bits per heavy atom. The first kappa shape index (κ1) is 21.2. The second kappa shape index (κ2) is 9.42. The zero-order valence-corrected chi connectivity index (χ0v) is 18.4. The Bertz CT molecular complexity index is 1110. The van der Waals surface area contributed by atoms with E-state index in [-0.39, 0.29) is 18.1 Å². The largest absolute Gasteiger partial charge is 0.497 e. The van der Waals surface area contributed by atoms with Crippen LogP contribution in [0.25, 0.3) is 5.65 Å². The van der Waals surface area contributed by atoms with Gasteiger partial charge in [-0.15, -0.1) is 5.10 Å². The average Bonchev–Trinajstić information content (AvgIpc) is 3.10. The standard InChI is InChI=1S/C21H25N5O4S/c1-29-15-10-14(11-16(12-15)30-2)23-18(27)13-26-21(28)25-9-8-22-20(19(25)24-26)31-17-6-4-3-5-7-17/h8-12,17H,3-7,13H2,1-2H3,(H,23,27). The summed E-state index contributed by atoms with van der Waals surface area (Å²) in [5.74, 6) is 0.722. The number of benzene rings is 1. The minimum atomic E-state index is -0.379. The molecule has 3 aromatic rings. The van der Waals surface area contributed by atoms with Gasteiger partial charge in [-0.2, -0.15) is 0 Å². The molecule has 1 N–H and O–H groups in total. The monoisotopic (exact) mass is 443 g/mol. The second-order valence-electron chi connectivity index (χ2n) is 7.39. The molecule has 1 aliphatic carbocycles. The van der Waals surface area contributed by atoms with E-state index in [0.29, 0.717) is 28.1 Å². The lowest BCUT2D eigenvalue weighted by Crippen LogP contribution is -2.28. The molecular formula is C21H25N5O4S. The van der Waals surface area contributed by atoms with Crippen LogP contribution in [0.1, 0.15) is 32.1 Å². The van der Waals surface area contributed by atoms with Crippen LogP contribution >= 0.6 is 11.8 Å². The van der Waals surface area contributed by atoms with Gasteiger partial charge in [0, 0.05) is 41.5 Å². The number of hydrogen-bond acceptors (Lipinski definition) is 7. The summed E-state index contributed by atoms with van der Waals surface area (Å²) < 4.78 is 13.0. The summed E-state index contributed by atoms with van der Waals surface area (Å²) in [6, 6.07) is 5.06. The number of rotatable bonds is 7. The van der Waals surface area contributed by atoms with Gasteiger partial charge in [-0.05, 0) is 12.8 Å². The topological polar surface area (TPSA) is 99.7 Å². The number of carbonyl (C=O) groups is 1. The van der Waals surface area contributed by atoms with Crippen molar-refractivity contribution in [1.29, 1.82) is 0 Å². The van der Waals surface area contributed by atoms with Gasteiger partial charge in [-0.25, -0.2) is 18.9 Å². The highest BCUT2D eigenvalue weighted by Gasteiger charge is 2.20. The number of methoxy groups -OCH3 is 2. The van der Waals surface area contributed by atoms with Crippen LogP contribution in [0, 0.1) is 0 Å². The molecule has 164 valence electrons. The average molecular weight is 444 g/mol. The summed E-state index contributed by atoms with van der Waals surface area (Å²) in [7, 11) is 3.07. The molecule has 1 amide bonds. The van der Waals surface area contributed by atoms with E-state index in [4.69, 9.17) is 9.47 Å². The number of nitrogens with one attached hydrogen (secondary N) is 1. The molecule has 0 radical (unpaired) electrons. The molecule has 2 aromatic heterocycles. The Kier molecular flexibility index (Phi) is 6.45. The van der Waals surface area contributed by atoms with Crippen molar-refractivity contribution in [2.45, 2.75) is 48.9 Å².